The van der Waals surface area contributed by atoms with Crippen molar-refractivity contribution < 1.29 is 9.53 Å². The van der Waals surface area contributed by atoms with Crippen molar-refractivity contribution in [2.24, 2.45) is 17.8 Å². The van der Waals surface area contributed by atoms with E-state index in [-0.39, 0.29) is 12.1 Å². The van der Waals surface area contributed by atoms with Crippen LogP contribution in [0.4, 0.5) is 0 Å². The van der Waals surface area contributed by atoms with Crippen molar-refractivity contribution >= 4 is 5.97 Å². The Hall–Kier alpha value is -0.790. The zero-order chi connectivity index (χ0) is 24.4. The summed E-state index contributed by atoms with van der Waals surface area (Å²) < 4.78 is 5.58. The Morgan fingerprint density at radius 3 is 1.50 bits per heavy atom. The highest BCUT2D eigenvalue weighted by Crippen LogP contribution is 2.41. The van der Waals surface area contributed by atoms with Crippen LogP contribution >= 0.6 is 0 Å². The Morgan fingerprint density at radius 2 is 1.06 bits per heavy atom. The minimum atomic E-state index is -0.201. The van der Waals surface area contributed by atoms with Gasteiger partial charge in [-0.05, 0) is 63.2 Å². The standard InChI is InChI=1S/C32H58O2/c1-4-5-6-7-8-9-10-11-12-13-14-15-16-17-18-28-19-21-29(22-20-28)30-23-25-31(26-24-30)34-32(33)27(2)3/h28-31H,2,4-26H2,1,3H3. The lowest BCUT2D eigenvalue weighted by atomic mass is 9.70. The molecule has 34 heavy (non-hydrogen) atoms. The minimum Gasteiger partial charge on any atom is -0.459 e. The van der Waals surface area contributed by atoms with Gasteiger partial charge in [0, 0.05) is 5.57 Å². The zero-order valence-corrected chi connectivity index (χ0v) is 23.1. The molecule has 2 heteroatoms. The number of ether oxygens (including phenoxy) is 1. The average molecular weight is 475 g/mol. The van der Waals surface area contributed by atoms with Crippen LogP contribution in [0.2, 0.25) is 0 Å². The number of unbranched alkanes of at least 4 members (excludes halogenated alkanes) is 13. The average Bonchev–Trinajstić information content (AvgIpc) is 2.85. The maximum atomic E-state index is 11.8. The first-order chi connectivity index (χ1) is 16.6. The summed E-state index contributed by atoms with van der Waals surface area (Å²) >= 11 is 0. The topological polar surface area (TPSA) is 26.3 Å². The molecule has 0 aromatic carbocycles. The highest BCUT2D eigenvalue weighted by Gasteiger charge is 2.31. The van der Waals surface area contributed by atoms with E-state index in [1.54, 1.807) is 6.92 Å². The fourth-order valence-electron chi connectivity index (χ4n) is 6.51. The SMILES string of the molecule is C=C(C)C(=O)OC1CCC(C2CCC(CCCCCCCCCCCCCCCC)CC2)CC1. The summed E-state index contributed by atoms with van der Waals surface area (Å²) in [5, 5.41) is 0. The number of rotatable bonds is 18. The van der Waals surface area contributed by atoms with Crippen molar-refractivity contribution in [3.8, 4) is 0 Å². The maximum absolute atomic E-state index is 11.8. The van der Waals surface area contributed by atoms with Crippen molar-refractivity contribution in [1.82, 2.24) is 0 Å². The van der Waals surface area contributed by atoms with Gasteiger partial charge in [-0.1, -0.05) is 123 Å². The fraction of sp³-hybridized carbons (Fsp3) is 0.906. The van der Waals surface area contributed by atoms with Crippen LogP contribution in [-0.4, -0.2) is 12.1 Å². The summed E-state index contributed by atoms with van der Waals surface area (Å²) in [6.45, 7) is 7.74. The Bertz CT molecular complexity index is 523. The van der Waals surface area contributed by atoms with E-state index in [0.717, 1.165) is 30.6 Å². The van der Waals surface area contributed by atoms with Crippen LogP contribution in [-0.2, 0) is 9.53 Å². The number of esters is 1. The Labute approximate surface area is 213 Å². The van der Waals surface area contributed by atoms with E-state index < -0.39 is 0 Å². The Kier molecular flexibility index (Phi) is 16.0. The van der Waals surface area contributed by atoms with Crippen LogP contribution in [0.25, 0.3) is 0 Å². The molecule has 0 aromatic heterocycles. The molecule has 0 radical (unpaired) electrons. The van der Waals surface area contributed by atoms with Gasteiger partial charge in [0.2, 0.25) is 0 Å². The second-order valence-corrected chi connectivity index (χ2v) is 11.9. The molecule has 0 amide bonds. The molecule has 0 aliphatic heterocycles. The van der Waals surface area contributed by atoms with Crippen molar-refractivity contribution in [3.05, 3.63) is 12.2 Å². The summed E-state index contributed by atoms with van der Waals surface area (Å²) in [5.41, 5.74) is 0.527. The third-order valence-corrected chi connectivity index (χ3v) is 8.87. The lowest BCUT2D eigenvalue weighted by molar-refractivity contribution is -0.146. The van der Waals surface area contributed by atoms with Crippen LogP contribution in [0.3, 0.4) is 0 Å². The number of carbonyl (C=O) groups is 1. The molecule has 2 fully saturated rings. The summed E-state index contributed by atoms with van der Waals surface area (Å²) in [6, 6.07) is 0. The number of carbonyl (C=O) groups excluding carboxylic acids is 1. The number of hydrogen-bond donors (Lipinski definition) is 0. The highest BCUT2D eigenvalue weighted by atomic mass is 16.5. The van der Waals surface area contributed by atoms with Crippen molar-refractivity contribution in [1.29, 1.82) is 0 Å². The first-order valence-corrected chi connectivity index (χ1v) is 15.5. The zero-order valence-electron chi connectivity index (χ0n) is 23.1. The van der Waals surface area contributed by atoms with Gasteiger partial charge in [0.05, 0.1) is 0 Å². The van der Waals surface area contributed by atoms with Gasteiger partial charge in [-0.2, -0.15) is 0 Å². The molecule has 2 nitrogen and oxygen atoms in total. The van der Waals surface area contributed by atoms with Crippen molar-refractivity contribution in [3.63, 3.8) is 0 Å². The van der Waals surface area contributed by atoms with Gasteiger partial charge in [-0.25, -0.2) is 4.79 Å². The molecule has 0 atom stereocenters. The minimum absolute atomic E-state index is 0.136. The molecule has 0 heterocycles. The van der Waals surface area contributed by atoms with Gasteiger partial charge in [-0.15, -0.1) is 0 Å². The molecule has 0 unspecified atom stereocenters. The predicted octanol–water partition coefficient (Wildman–Crippen LogP) is 10.3. The molecule has 0 N–H and O–H groups in total. The van der Waals surface area contributed by atoms with E-state index in [9.17, 15) is 4.79 Å². The van der Waals surface area contributed by atoms with Crippen molar-refractivity contribution in [2.45, 2.75) is 168 Å². The van der Waals surface area contributed by atoms with Gasteiger partial charge in [0.1, 0.15) is 6.10 Å². The quantitative estimate of drug-likeness (QED) is 0.112. The van der Waals surface area contributed by atoms with Gasteiger partial charge in [-0.3, -0.25) is 0 Å². The maximum Gasteiger partial charge on any atom is 0.333 e. The van der Waals surface area contributed by atoms with E-state index in [1.165, 1.54) is 135 Å². The largest absolute Gasteiger partial charge is 0.459 e. The molecule has 2 aliphatic carbocycles. The normalized spacial score (nSPS) is 25.2. The summed E-state index contributed by atoms with van der Waals surface area (Å²) in [6.07, 6.45) is 32.5. The summed E-state index contributed by atoms with van der Waals surface area (Å²) in [7, 11) is 0. The second kappa shape index (κ2) is 18.5. The molecule has 0 spiro atoms. The first kappa shape index (κ1) is 29.4. The first-order valence-electron chi connectivity index (χ1n) is 15.5. The molecule has 2 saturated carbocycles. The lowest BCUT2D eigenvalue weighted by Gasteiger charge is -2.37. The van der Waals surface area contributed by atoms with Gasteiger partial charge < -0.3 is 4.74 Å². The molecular weight excluding hydrogens is 416 g/mol. The van der Waals surface area contributed by atoms with Crippen LogP contribution in [0, 0.1) is 17.8 Å². The van der Waals surface area contributed by atoms with E-state index >= 15 is 0 Å². The third-order valence-electron chi connectivity index (χ3n) is 8.87. The summed E-state index contributed by atoms with van der Waals surface area (Å²) in [4.78, 5) is 11.8. The van der Waals surface area contributed by atoms with E-state index in [0.29, 0.717) is 5.57 Å². The van der Waals surface area contributed by atoms with Crippen LogP contribution in [0.5, 0.6) is 0 Å². The van der Waals surface area contributed by atoms with Crippen LogP contribution in [0.1, 0.15) is 162 Å². The molecule has 2 rings (SSSR count). The number of hydrogen-bond acceptors (Lipinski definition) is 2. The monoisotopic (exact) mass is 474 g/mol. The van der Waals surface area contributed by atoms with Crippen LogP contribution < -0.4 is 0 Å². The smallest absolute Gasteiger partial charge is 0.333 e. The van der Waals surface area contributed by atoms with E-state index in [1.807, 2.05) is 0 Å². The third kappa shape index (κ3) is 12.8. The molecule has 2 aliphatic rings. The van der Waals surface area contributed by atoms with Gasteiger partial charge in [0.25, 0.3) is 0 Å². The molecule has 0 saturated heterocycles. The fourth-order valence-corrected chi connectivity index (χ4v) is 6.51. The Morgan fingerprint density at radius 1 is 0.647 bits per heavy atom. The molecule has 0 aromatic rings. The Balaban J connectivity index is 1.38. The van der Waals surface area contributed by atoms with Crippen LogP contribution in [0.15, 0.2) is 12.2 Å². The van der Waals surface area contributed by atoms with E-state index in [4.69, 9.17) is 4.74 Å². The molecule has 198 valence electrons. The van der Waals surface area contributed by atoms with Gasteiger partial charge in [0.15, 0.2) is 0 Å². The predicted molar refractivity (Wildman–Crippen MR) is 147 cm³/mol. The van der Waals surface area contributed by atoms with E-state index in [2.05, 4.69) is 13.5 Å². The lowest BCUT2D eigenvalue weighted by Crippen LogP contribution is -2.29. The highest BCUT2D eigenvalue weighted by molar-refractivity contribution is 5.87. The van der Waals surface area contributed by atoms with Crippen molar-refractivity contribution in [2.75, 3.05) is 0 Å². The van der Waals surface area contributed by atoms with Gasteiger partial charge >= 0.3 is 5.97 Å². The molecule has 0 bridgehead atoms. The second-order valence-electron chi connectivity index (χ2n) is 11.9. The summed E-state index contributed by atoms with van der Waals surface area (Å²) in [5.74, 6) is 2.61. The molecular formula is C32H58O2.